The van der Waals surface area contributed by atoms with E-state index < -0.39 is 0 Å². The quantitative estimate of drug-likeness (QED) is 0.625. The highest BCUT2D eigenvalue weighted by Crippen LogP contribution is 2.22. The van der Waals surface area contributed by atoms with Crippen LogP contribution in [0.25, 0.3) is 0 Å². The smallest absolute Gasteiger partial charge is 0.308 e. The molecule has 0 aliphatic heterocycles. The van der Waals surface area contributed by atoms with Gasteiger partial charge in [0.25, 0.3) is 0 Å². The summed E-state index contributed by atoms with van der Waals surface area (Å²) in [6.45, 7) is 0. The average Bonchev–Trinajstić information content (AvgIpc) is 2.83. The highest BCUT2D eigenvalue weighted by molar-refractivity contribution is 14.1. The van der Waals surface area contributed by atoms with E-state index in [1.54, 1.807) is 10.9 Å². The molecule has 0 bridgehead atoms. The van der Waals surface area contributed by atoms with Gasteiger partial charge in [-0.15, -0.1) is 0 Å². The largest absolute Gasteiger partial charge is 0.469 e. The lowest BCUT2D eigenvalue weighted by atomic mass is 10.0. The van der Waals surface area contributed by atoms with Gasteiger partial charge >= 0.3 is 5.97 Å². The van der Waals surface area contributed by atoms with Crippen LogP contribution in [0.3, 0.4) is 0 Å². The predicted molar refractivity (Wildman–Crippen MR) is 76.2 cm³/mol. The summed E-state index contributed by atoms with van der Waals surface area (Å²) in [5.74, 6) is -0.241. The molecular formula is C13H13IN2O2. The molecule has 0 spiro atoms. The van der Waals surface area contributed by atoms with Crippen LogP contribution in [0, 0.1) is 3.57 Å². The maximum Gasteiger partial charge on any atom is 0.308 e. The molecule has 18 heavy (non-hydrogen) atoms. The van der Waals surface area contributed by atoms with Crippen LogP contribution < -0.4 is 0 Å². The summed E-state index contributed by atoms with van der Waals surface area (Å²) in [4.78, 5) is 11.5. The average molecular weight is 356 g/mol. The number of esters is 1. The molecular weight excluding hydrogens is 343 g/mol. The van der Waals surface area contributed by atoms with Crippen LogP contribution in [0.1, 0.15) is 18.0 Å². The van der Waals surface area contributed by atoms with Crippen LogP contribution in [-0.4, -0.2) is 22.9 Å². The molecule has 0 amide bonds. The van der Waals surface area contributed by atoms with Crippen molar-refractivity contribution in [3.63, 3.8) is 0 Å². The molecule has 1 aromatic heterocycles. The van der Waals surface area contributed by atoms with Gasteiger partial charge < -0.3 is 4.74 Å². The van der Waals surface area contributed by atoms with Gasteiger partial charge in [-0.1, -0.05) is 30.3 Å². The highest BCUT2D eigenvalue weighted by Gasteiger charge is 2.19. The fourth-order valence-electron chi connectivity index (χ4n) is 1.77. The van der Waals surface area contributed by atoms with Crippen molar-refractivity contribution < 1.29 is 9.53 Å². The molecule has 5 heteroatoms. The van der Waals surface area contributed by atoms with E-state index in [1.807, 2.05) is 36.5 Å². The van der Waals surface area contributed by atoms with E-state index in [0.717, 1.165) is 9.13 Å². The van der Waals surface area contributed by atoms with E-state index in [2.05, 4.69) is 27.7 Å². The summed E-state index contributed by atoms with van der Waals surface area (Å²) in [5.41, 5.74) is 1.04. The normalized spacial score (nSPS) is 12.1. The first-order valence-corrected chi connectivity index (χ1v) is 6.60. The first kappa shape index (κ1) is 13.1. The van der Waals surface area contributed by atoms with Gasteiger partial charge in [0.15, 0.2) is 0 Å². The molecule has 94 valence electrons. The van der Waals surface area contributed by atoms with E-state index in [9.17, 15) is 4.79 Å². The summed E-state index contributed by atoms with van der Waals surface area (Å²) in [6.07, 6.45) is 3.97. The number of benzene rings is 1. The number of methoxy groups -OCH3 is 1. The third-order valence-corrected chi connectivity index (χ3v) is 3.22. The minimum Gasteiger partial charge on any atom is -0.469 e. The Morgan fingerprint density at radius 2 is 2.17 bits per heavy atom. The molecule has 0 aliphatic carbocycles. The van der Waals surface area contributed by atoms with E-state index in [0.29, 0.717) is 0 Å². The van der Waals surface area contributed by atoms with Gasteiger partial charge in [0.2, 0.25) is 0 Å². The first-order valence-electron chi connectivity index (χ1n) is 5.52. The van der Waals surface area contributed by atoms with E-state index in [-0.39, 0.29) is 18.4 Å². The molecule has 0 N–H and O–H groups in total. The number of halogens is 1. The lowest BCUT2D eigenvalue weighted by molar-refractivity contribution is -0.141. The minimum atomic E-state index is -0.241. The molecule has 1 heterocycles. The van der Waals surface area contributed by atoms with Crippen molar-refractivity contribution in [1.82, 2.24) is 9.78 Å². The van der Waals surface area contributed by atoms with Gasteiger partial charge in [-0.25, -0.2) is 0 Å². The Labute approximate surface area is 119 Å². The second-order valence-electron chi connectivity index (χ2n) is 3.85. The minimum absolute atomic E-state index is 0.123. The number of hydrogen-bond donors (Lipinski definition) is 0. The molecule has 0 saturated carbocycles. The summed E-state index contributed by atoms with van der Waals surface area (Å²) in [7, 11) is 1.40. The Kier molecular flexibility index (Phi) is 4.35. The number of carbonyl (C=O) groups is 1. The molecule has 0 saturated heterocycles. The van der Waals surface area contributed by atoms with Crippen LogP contribution in [-0.2, 0) is 9.53 Å². The Bertz CT molecular complexity index is 525. The molecule has 0 radical (unpaired) electrons. The van der Waals surface area contributed by atoms with Gasteiger partial charge in [-0.3, -0.25) is 9.48 Å². The zero-order chi connectivity index (χ0) is 13.0. The van der Waals surface area contributed by atoms with Gasteiger partial charge in [0, 0.05) is 6.20 Å². The maximum atomic E-state index is 11.5. The van der Waals surface area contributed by atoms with Gasteiger partial charge in [-0.05, 0) is 28.2 Å². The lowest BCUT2D eigenvalue weighted by Gasteiger charge is -2.16. The molecule has 1 aromatic carbocycles. The van der Waals surface area contributed by atoms with E-state index in [4.69, 9.17) is 4.74 Å². The molecule has 0 aliphatic rings. The second kappa shape index (κ2) is 5.99. The van der Waals surface area contributed by atoms with Crippen LogP contribution in [0.5, 0.6) is 0 Å². The molecule has 4 nitrogen and oxygen atoms in total. The van der Waals surface area contributed by atoms with Crippen molar-refractivity contribution >= 4 is 28.6 Å². The van der Waals surface area contributed by atoms with Crippen molar-refractivity contribution in [3.05, 3.63) is 51.9 Å². The Balaban J connectivity index is 2.32. The predicted octanol–water partition coefficient (Wildman–Crippen LogP) is 2.64. The maximum absolute atomic E-state index is 11.5. The van der Waals surface area contributed by atoms with E-state index in [1.165, 1.54) is 7.11 Å². The summed E-state index contributed by atoms with van der Waals surface area (Å²) < 4.78 is 7.59. The van der Waals surface area contributed by atoms with Gasteiger partial charge in [0.1, 0.15) is 0 Å². The van der Waals surface area contributed by atoms with Gasteiger partial charge in [0.05, 0.1) is 29.3 Å². The van der Waals surface area contributed by atoms with Crippen LogP contribution >= 0.6 is 22.6 Å². The third kappa shape index (κ3) is 3.10. The number of ether oxygens (including phenoxy) is 1. The fraction of sp³-hybridized carbons (Fsp3) is 0.231. The molecule has 2 aromatic rings. The van der Waals surface area contributed by atoms with Crippen LogP contribution in [0.4, 0.5) is 0 Å². The first-order chi connectivity index (χ1) is 8.70. The zero-order valence-corrected chi connectivity index (χ0v) is 12.1. The second-order valence-corrected chi connectivity index (χ2v) is 5.09. The lowest BCUT2D eigenvalue weighted by Crippen LogP contribution is -2.16. The standard InChI is InChI=1S/C13H13IN2O2/c1-18-13(17)7-12(10-5-3-2-4-6-10)16-9-11(14)8-15-16/h2-6,8-9,12H,7H2,1H3. The zero-order valence-electron chi connectivity index (χ0n) is 9.91. The van der Waals surface area contributed by atoms with Crippen molar-refractivity contribution in [2.24, 2.45) is 0 Å². The Morgan fingerprint density at radius 1 is 1.44 bits per heavy atom. The fourth-order valence-corrected chi connectivity index (χ4v) is 2.18. The van der Waals surface area contributed by atoms with Crippen LogP contribution in [0.15, 0.2) is 42.7 Å². The van der Waals surface area contributed by atoms with Crippen molar-refractivity contribution in [2.45, 2.75) is 12.5 Å². The molecule has 2 rings (SSSR count). The summed E-state index contributed by atoms with van der Waals surface area (Å²) >= 11 is 2.20. The number of hydrogen-bond acceptors (Lipinski definition) is 3. The monoisotopic (exact) mass is 356 g/mol. The highest BCUT2D eigenvalue weighted by atomic mass is 127. The number of aromatic nitrogens is 2. The summed E-state index contributed by atoms with van der Waals surface area (Å²) in [6, 6.07) is 9.71. The number of rotatable bonds is 4. The number of carbonyl (C=O) groups excluding carboxylic acids is 1. The SMILES string of the molecule is COC(=O)CC(c1ccccc1)n1cc(I)cn1. The van der Waals surface area contributed by atoms with Crippen molar-refractivity contribution in [2.75, 3.05) is 7.11 Å². The molecule has 0 fully saturated rings. The summed E-state index contributed by atoms with van der Waals surface area (Å²) in [5, 5.41) is 4.28. The Morgan fingerprint density at radius 3 is 2.72 bits per heavy atom. The number of nitrogens with zero attached hydrogens (tertiary/aromatic N) is 2. The van der Waals surface area contributed by atoms with Crippen molar-refractivity contribution in [3.8, 4) is 0 Å². The third-order valence-electron chi connectivity index (χ3n) is 2.66. The topological polar surface area (TPSA) is 44.1 Å². The Hall–Kier alpha value is -1.37. The van der Waals surface area contributed by atoms with Gasteiger partial charge in [-0.2, -0.15) is 5.10 Å². The van der Waals surface area contributed by atoms with Crippen LogP contribution in [0.2, 0.25) is 0 Å². The van der Waals surface area contributed by atoms with E-state index >= 15 is 0 Å². The molecule has 1 unspecified atom stereocenters. The van der Waals surface area contributed by atoms with Crippen molar-refractivity contribution in [1.29, 1.82) is 0 Å². The molecule has 1 atom stereocenters.